The molecule has 77 valence electrons. The van der Waals surface area contributed by atoms with Crippen LogP contribution in [0.5, 0.6) is 0 Å². The maximum atomic E-state index is 3.40. The average Bonchev–Trinajstić information content (AvgIpc) is 1.96. The molecule has 0 amide bonds. The van der Waals surface area contributed by atoms with Gasteiger partial charge in [0, 0.05) is 0 Å². The molecular weight excluding hydrogens is 244 g/mol. The summed E-state index contributed by atoms with van der Waals surface area (Å²) in [6, 6.07) is 0. The molecule has 0 aliphatic rings. The summed E-state index contributed by atoms with van der Waals surface area (Å²) in [5.41, 5.74) is 0. The Kier molecular flexibility index (Phi) is 196. The third kappa shape index (κ3) is 518. The molecule has 0 aliphatic carbocycles. The summed E-state index contributed by atoms with van der Waals surface area (Å²) < 4.78 is 0. The van der Waals surface area contributed by atoms with Gasteiger partial charge < -0.3 is 35.3 Å². The van der Waals surface area contributed by atoms with E-state index < -0.39 is 0 Å². The Hall–Kier alpha value is 1.58. The maximum Gasteiger partial charge on any atom is 3.00 e. The van der Waals surface area contributed by atoms with Gasteiger partial charge in [-0.2, -0.15) is 0 Å². The van der Waals surface area contributed by atoms with Crippen LogP contribution in [0.25, 0.3) is 0 Å². The van der Waals surface area contributed by atoms with Crippen molar-refractivity contribution in [2.24, 2.45) is 0 Å². The van der Waals surface area contributed by atoms with Crippen molar-refractivity contribution in [3.8, 4) is 0 Å². The Morgan fingerprint density at radius 2 is 0.667 bits per heavy atom. The van der Waals surface area contributed by atoms with Crippen LogP contribution in [0.4, 0.5) is 0 Å². The van der Waals surface area contributed by atoms with Crippen LogP contribution in [-0.2, 0) is 17.4 Å². The summed E-state index contributed by atoms with van der Waals surface area (Å²) in [4.78, 5) is 0. The molecule has 0 nitrogen and oxygen atoms in total. The van der Waals surface area contributed by atoms with Crippen LogP contribution >= 0.6 is 35.3 Å². The van der Waals surface area contributed by atoms with E-state index in [2.05, 4.69) is 18.8 Å². The van der Waals surface area contributed by atoms with Crippen LogP contribution in [0, 0.1) is 18.8 Å². The smallest absolute Gasteiger partial charge is 0.357 e. The Labute approximate surface area is 104 Å². The van der Waals surface area contributed by atoms with E-state index in [-0.39, 0.29) is 17.4 Å². The molecule has 0 saturated heterocycles. The zero-order valence-electron chi connectivity index (χ0n) is 8.75. The molecule has 0 unspecified atom stereocenters. The second kappa shape index (κ2) is 80.4. The van der Waals surface area contributed by atoms with Gasteiger partial charge in [-0.1, -0.05) is 13.8 Å². The Bertz CT molecular complexity index is 19.0. The number of thioether (sulfide) groups is 3. The maximum absolute atomic E-state index is 3.40. The molecular formula is C8H21CrS3. The summed E-state index contributed by atoms with van der Waals surface area (Å²) in [6.45, 7) is 4.00. The minimum absolute atomic E-state index is 0. The number of hydrogen-bond acceptors (Lipinski definition) is 3. The monoisotopic (exact) mass is 265 g/mol. The molecule has 1 radical (unpaired) electrons. The standard InChI is InChI=1S/3C2H5S.C2H6.Cr/c3*1-3-2;1-2;/h3*1H2,2H3;1-2H3;/q3*-1;;+3. The van der Waals surface area contributed by atoms with Crippen molar-refractivity contribution in [2.45, 2.75) is 13.8 Å². The van der Waals surface area contributed by atoms with E-state index in [1.165, 1.54) is 35.3 Å². The molecule has 0 aliphatic heterocycles. The molecule has 12 heavy (non-hydrogen) atoms. The minimum Gasteiger partial charge on any atom is -0.357 e. The number of hydrogen-bond donors (Lipinski definition) is 0. The van der Waals surface area contributed by atoms with Crippen LogP contribution in [0.1, 0.15) is 13.8 Å². The molecule has 0 fully saturated rings. The van der Waals surface area contributed by atoms with Gasteiger partial charge >= 0.3 is 17.4 Å². The van der Waals surface area contributed by atoms with E-state index in [1.54, 1.807) is 0 Å². The van der Waals surface area contributed by atoms with Crippen LogP contribution in [0.3, 0.4) is 0 Å². The average molecular weight is 265 g/mol. The largest absolute Gasteiger partial charge is 3.00 e. The van der Waals surface area contributed by atoms with E-state index in [0.29, 0.717) is 0 Å². The van der Waals surface area contributed by atoms with Crippen LogP contribution in [-0.4, -0.2) is 18.8 Å². The van der Waals surface area contributed by atoms with Crippen molar-refractivity contribution in [1.29, 1.82) is 0 Å². The first-order valence-corrected chi connectivity index (χ1v) is 7.27. The molecule has 0 aromatic heterocycles. The van der Waals surface area contributed by atoms with E-state index >= 15 is 0 Å². The molecule has 0 aromatic rings. The van der Waals surface area contributed by atoms with E-state index in [0.717, 1.165) is 0 Å². The fraction of sp³-hybridized carbons (Fsp3) is 0.625. The van der Waals surface area contributed by atoms with E-state index in [1.807, 2.05) is 32.6 Å². The van der Waals surface area contributed by atoms with Crippen LogP contribution in [0.2, 0.25) is 0 Å². The Morgan fingerprint density at radius 3 is 0.667 bits per heavy atom. The summed E-state index contributed by atoms with van der Waals surface area (Å²) in [5, 5.41) is 0. The van der Waals surface area contributed by atoms with Crippen molar-refractivity contribution in [3.05, 3.63) is 18.8 Å². The van der Waals surface area contributed by atoms with Crippen molar-refractivity contribution in [1.82, 2.24) is 0 Å². The van der Waals surface area contributed by atoms with Gasteiger partial charge in [0.1, 0.15) is 0 Å². The SMILES string of the molecule is CC.[CH2-]SC.[CH2-]SC.[CH2-]SC.[Cr+3]. The second-order valence-electron chi connectivity index (χ2n) is 0.866. The van der Waals surface area contributed by atoms with Crippen LogP contribution in [0.15, 0.2) is 0 Å². The zero-order chi connectivity index (χ0) is 10.1. The van der Waals surface area contributed by atoms with Crippen LogP contribution < -0.4 is 0 Å². The topological polar surface area (TPSA) is 0 Å². The van der Waals surface area contributed by atoms with Crippen molar-refractivity contribution >= 4 is 35.3 Å². The Balaban J connectivity index is -0.0000000179. The van der Waals surface area contributed by atoms with Gasteiger partial charge in [-0.25, -0.2) is 0 Å². The molecule has 0 rings (SSSR count). The van der Waals surface area contributed by atoms with Gasteiger partial charge in [0.05, 0.1) is 0 Å². The van der Waals surface area contributed by atoms with Crippen molar-refractivity contribution in [2.75, 3.05) is 18.8 Å². The van der Waals surface area contributed by atoms with Gasteiger partial charge in [0.25, 0.3) is 0 Å². The molecule has 0 heterocycles. The molecule has 0 saturated carbocycles. The predicted octanol–water partition coefficient (Wildman–Crippen LogP) is 4.45. The molecule has 0 aromatic carbocycles. The molecule has 0 N–H and O–H groups in total. The summed E-state index contributed by atoms with van der Waals surface area (Å²) in [7, 11) is 0. The van der Waals surface area contributed by atoms with Gasteiger partial charge in [-0.05, 0) is 18.8 Å². The van der Waals surface area contributed by atoms with Crippen molar-refractivity contribution < 1.29 is 17.4 Å². The quantitative estimate of drug-likeness (QED) is 0.594. The zero-order valence-corrected chi connectivity index (χ0v) is 12.5. The van der Waals surface area contributed by atoms with E-state index in [9.17, 15) is 0 Å². The summed E-state index contributed by atoms with van der Waals surface area (Å²) in [6.07, 6.45) is 16.0. The Morgan fingerprint density at radius 1 is 0.667 bits per heavy atom. The first-order valence-electron chi connectivity index (χ1n) is 3.09. The number of rotatable bonds is 0. The fourth-order valence-corrected chi connectivity index (χ4v) is 0. The van der Waals surface area contributed by atoms with Gasteiger partial charge in [0.2, 0.25) is 0 Å². The third-order valence-corrected chi connectivity index (χ3v) is 0. The normalized spacial score (nSPS) is 5.00. The molecule has 0 bridgehead atoms. The van der Waals surface area contributed by atoms with Gasteiger partial charge in [-0.15, -0.1) is 0 Å². The molecule has 4 heteroatoms. The minimum atomic E-state index is 0. The third-order valence-electron chi connectivity index (χ3n) is 0. The van der Waals surface area contributed by atoms with Crippen molar-refractivity contribution in [3.63, 3.8) is 0 Å². The van der Waals surface area contributed by atoms with Gasteiger partial charge in [-0.3, -0.25) is 18.8 Å². The second-order valence-corrected chi connectivity index (χ2v) is 2.60. The molecule has 0 spiro atoms. The fourth-order valence-electron chi connectivity index (χ4n) is 0. The predicted molar refractivity (Wildman–Crippen MR) is 68.0 cm³/mol. The molecule has 0 atom stereocenters. The first kappa shape index (κ1) is 29.2. The first-order chi connectivity index (χ1) is 5.24. The summed E-state index contributed by atoms with van der Waals surface area (Å²) in [5.74, 6) is 0. The van der Waals surface area contributed by atoms with Gasteiger partial charge in [0.15, 0.2) is 0 Å². The summed E-state index contributed by atoms with van der Waals surface area (Å²) >= 11 is 4.50. The van der Waals surface area contributed by atoms with E-state index in [4.69, 9.17) is 0 Å².